The lowest BCUT2D eigenvalue weighted by Gasteiger charge is -2.15. The van der Waals surface area contributed by atoms with E-state index in [2.05, 4.69) is 5.32 Å². The van der Waals surface area contributed by atoms with Gasteiger partial charge in [0.05, 0.1) is 5.92 Å². The summed E-state index contributed by atoms with van der Waals surface area (Å²) in [5.74, 6) is -1.21. The van der Waals surface area contributed by atoms with Gasteiger partial charge in [-0.05, 0) is 24.8 Å². The summed E-state index contributed by atoms with van der Waals surface area (Å²) in [6.07, 6.45) is 1.83. The lowest BCUT2D eigenvalue weighted by Crippen LogP contribution is -2.34. The summed E-state index contributed by atoms with van der Waals surface area (Å²) in [6, 6.07) is 7.80. The van der Waals surface area contributed by atoms with Crippen molar-refractivity contribution in [3.63, 3.8) is 0 Å². The van der Waals surface area contributed by atoms with Gasteiger partial charge in [0.1, 0.15) is 0 Å². The molecule has 2 N–H and O–H groups in total. The number of benzene rings is 1. The molecule has 116 valence electrons. The van der Waals surface area contributed by atoms with E-state index in [-0.39, 0.29) is 12.5 Å². The monoisotopic (exact) mass is 291 g/mol. The molecule has 0 bridgehead atoms. The van der Waals surface area contributed by atoms with Crippen molar-refractivity contribution in [3.05, 3.63) is 35.4 Å². The molecule has 0 aromatic heterocycles. The van der Waals surface area contributed by atoms with Gasteiger partial charge in [0.15, 0.2) is 0 Å². The normalized spacial score (nSPS) is 13.5. The van der Waals surface area contributed by atoms with E-state index in [9.17, 15) is 14.7 Å². The molecule has 1 aromatic carbocycles. The molecule has 1 rings (SSSR count). The molecule has 0 radical (unpaired) electrons. The Morgan fingerprint density at radius 1 is 1.33 bits per heavy atom. The molecular weight excluding hydrogens is 266 g/mol. The summed E-state index contributed by atoms with van der Waals surface area (Å²) in [5.41, 5.74) is 2.09. The van der Waals surface area contributed by atoms with Gasteiger partial charge in [0.2, 0.25) is 5.91 Å². The Morgan fingerprint density at radius 3 is 2.62 bits per heavy atom. The average molecular weight is 291 g/mol. The van der Waals surface area contributed by atoms with E-state index >= 15 is 0 Å². The fraction of sp³-hybridized carbons (Fsp3) is 0.529. The minimum absolute atomic E-state index is 0.0696. The predicted octanol–water partition coefficient (Wildman–Crippen LogP) is 2.79. The van der Waals surface area contributed by atoms with Crippen molar-refractivity contribution >= 4 is 11.9 Å². The lowest BCUT2D eigenvalue weighted by molar-refractivity contribution is -0.141. The number of rotatable bonds is 8. The second-order valence-corrected chi connectivity index (χ2v) is 5.75. The van der Waals surface area contributed by atoms with Crippen LogP contribution in [0.4, 0.5) is 0 Å². The Balaban J connectivity index is 2.54. The largest absolute Gasteiger partial charge is 0.481 e. The van der Waals surface area contributed by atoms with Crippen LogP contribution in [0.25, 0.3) is 0 Å². The highest BCUT2D eigenvalue weighted by Crippen LogP contribution is 2.11. The van der Waals surface area contributed by atoms with Crippen LogP contribution in [0.2, 0.25) is 0 Å². The fourth-order valence-electron chi connectivity index (χ4n) is 2.14. The number of nitrogens with one attached hydrogen (secondary N) is 1. The third kappa shape index (κ3) is 6.43. The van der Waals surface area contributed by atoms with Gasteiger partial charge >= 0.3 is 5.97 Å². The fourth-order valence-corrected chi connectivity index (χ4v) is 2.14. The van der Waals surface area contributed by atoms with Crippen molar-refractivity contribution in [2.45, 2.75) is 40.0 Å². The Hall–Kier alpha value is -1.84. The molecule has 0 saturated carbocycles. The second-order valence-electron chi connectivity index (χ2n) is 5.75. The maximum atomic E-state index is 11.7. The van der Waals surface area contributed by atoms with Crippen LogP contribution in [-0.2, 0) is 16.0 Å². The van der Waals surface area contributed by atoms with Gasteiger partial charge in [-0.15, -0.1) is 0 Å². The van der Waals surface area contributed by atoms with Crippen LogP contribution in [0.5, 0.6) is 0 Å². The smallest absolute Gasteiger partial charge is 0.308 e. The second kappa shape index (κ2) is 8.45. The highest BCUT2D eigenvalue weighted by molar-refractivity contribution is 5.77. The first kappa shape index (κ1) is 17.2. The summed E-state index contributed by atoms with van der Waals surface area (Å²) in [4.78, 5) is 23.1. The molecule has 1 aromatic rings. The number of aryl methyl sites for hydroxylation is 1. The van der Waals surface area contributed by atoms with Crippen molar-refractivity contribution in [2.24, 2.45) is 11.8 Å². The van der Waals surface area contributed by atoms with Crippen molar-refractivity contribution < 1.29 is 14.7 Å². The zero-order valence-corrected chi connectivity index (χ0v) is 13.1. The van der Waals surface area contributed by atoms with Crippen LogP contribution in [0.3, 0.4) is 0 Å². The van der Waals surface area contributed by atoms with Gasteiger partial charge in [-0.25, -0.2) is 0 Å². The number of carboxylic acid groups (broad SMARTS) is 1. The van der Waals surface area contributed by atoms with E-state index in [0.29, 0.717) is 18.8 Å². The summed E-state index contributed by atoms with van der Waals surface area (Å²) in [5, 5.41) is 12.0. The highest BCUT2D eigenvalue weighted by Gasteiger charge is 2.19. The highest BCUT2D eigenvalue weighted by atomic mass is 16.4. The van der Waals surface area contributed by atoms with Crippen molar-refractivity contribution in [1.29, 1.82) is 0 Å². The minimum Gasteiger partial charge on any atom is -0.481 e. The summed E-state index contributed by atoms with van der Waals surface area (Å²) >= 11 is 0. The lowest BCUT2D eigenvalue weighted by atomic mass is 9.98. The van der Waals surface area contributed by atoms with Gasteiger partial charge in [0.25, 0.3) is 0 Å². The van der Waals surface area contributed by atoms with E-state index in [0.717, 1.165) is 17.5 Å². The number of carbonyl (C=O) groups is 2. The predicted molar refractivity (Wildman–Crippen MR) is 83.1 cm³/mol. The van der Waals surface area contributed by atoms with Crippen molar-refractivity contribution in [3.8, 4) is 0 Å². The molecule has 0 aliphatic heterocycles. The molecule has 0 aliphatic carbocycles. The maximum Gasteiger partial charge on any atom is 0.308 e. The number of carboxylic acids is 1. The topological polar surface area (TPSA) is 66.4 Å². The van der Waals surface area contributed by atoms with E-state index in [1.807, 2.05) is 45.0 Å². The number of hydrogen-bond acceptors (Lipinski definition) is 2. The van der Waals surface area contributed by atoms with Gasteiger partial charge in [-0.1, -0.05) is 50.1 Å². The number of aliphatic carboxylic acids is 1. The number of hydrogen-bond donors (Lipinski definition) is 2. The summed E-state index contributed by atoms with van der Waals surface area (Å²) < 4.78 is 0. The van der Waals surface area contributed by atoms with Gasteiger partial charge < -0.3 is 10.4 Å². The number of amides is 1. The Kier molecular flexibility index (Phi) is 6.92. The van der Waals surface area contributed by atoms with Crippen LogP contribution in [0.1, 0.15) is 37.8 Å². The molecule has 0 saturated heterocycles. The number of carbonyl (C=O) groups excluding carboxylic acids is 1. The first-order chi connectivity index (χ1) is 9.92. The third-order valence-electron chi connectivity index (χ3n) is 3.69. The van der Waals surface area contributed by atoms with Crippen molar-refractivity contribution in [2.75, 3.05) is 6.54 Å². The quantitative estimate of drug-likeness (QED) is 0.774. The Labute approximate surface area is 126 Å². The van der Waals surface area contributed by atoms with Gasteiger partial charge in [0, 0.05) is 13.0 Å². The maximum absolute atomic E-state index is 11.7. The first-order valence-electron chi connectivity index (χ1n) is 7.47. The summed E-state index contributed by atoms with van der Waals surface area (Å²) in [7, 11) is 0. The van der Waals surface area contributed by atoms with Crippen LogP contribution < -0.4 is 5.32 Å². The Bertz CT molecular complexity index is 485. The van der Waals surface area contributed by atoms with Crippen molar-refractivity contribution in [1.82, 2.24) is 5.32 Å². The third-order valence-corrected chi connectivity index (χ3v) is 3.69. The molecular formula is C17H25NO3. The SMILES string of the molecule is CCC(C)CC(=O)NCC(Cc1cccc(C)c1)C(=O)O. The Morgan fingerprint density at radius 2 is 2.05 bits per heavy atom. The molecule has 4 nitrogen and oxygen atoms in total. The molecule has 2 atom stereocenters. The standard InChI is InChI=1S/C17H25NO3/c1-4-12(2)9-16(19)18-11-15(17(20)21)10-14-7-5-6-13(3)8-14/h5-8,12,15H,4,9-11H2,1-3H3,(H,18,19)(H,20,21). The van der Waals surface area contributed by atoms with Gasteiger partial charge in [-0.2, -0.15) is 0 Å². The minimum atomic E-state index is -0.875. The molecule has 4 heteroatoms. The molecule has 0 fully saturated rings. The van der Waals surface area contributed by atoms with Crippen LogP contribution >= 0.6 is 0 Å². The first-order valence-corrected chi connectivity index (χ1v) is 7.47. The van der Waals surface area contributed by atoms with E-state index in [4.69, 9.17) is 0 Å². The van der Waals surface area contributed by atoms with Crippen LogP contribution in [0.15, 0.2) is 24.3 Å². The molecule has 0 heterocycles. The zero-order valence-electron chi connectivity index (χ0n) is 13.1. The average Bonchev–Trinajstić information content (AvgIpc) is 2.43. The molecule has 0 aliphatic rings. The van der Waals surface area contributed by atoms with E-state index < -0.39 is 11.9 Å². The molecule has 21 heavy (non-hydrogen) atoms. The van der Waals surface area contributed by atoms with Crippen LogP contribution in [-0.4, -0.2) is 23.5 Å². The molecule has 2 unspecified atom stereocenters. The van der Waals surface area contributed by atoms with Gasteiger partial charge in [-0.3, -0.25) is 9.59 Å². The summed E-state index contributed by atoms with van der Waals surface area (Å²) in [6.45, 7) is 6.21. The zero-order chi connectivity index (χ0) is 15.8. The van der Waals surface area contributed by atoms with E-state index in [1.54, 1.807) is 0 Å². The molecule has 1 amide bonds. The molecule has 0 spiro atoms. The van der Waals surface area contributed by atoms with Crippen LogP contribution in [0, 0.1) is 18.8 Å². The van der Waals surface area contributed by atoms with E-state index in [1.165, 1.54) is 0 Å².